The molecule has 4 N–H and O–H groups in total. The molecule has 5 nitrogen and oxygen atoms in total. The van der Waals surface area contributed by atoms with Crippen LogP contribution in [0.1, 0.15) is 55.6 Å². The Bertz CT molecular complexity index is 433. The number of nitrogens with zero attached hydrogens (tertiary/aromatic N) is 1. The number of aromatic amines is 1. The molecular weight excluding hydrogens is 240 g/mol. The fourth-order valence-corrected chi connectivity index (χ4v) is 3.11. The van der Waals surface area contributed by atoms with Crippen molar-refractivity contribution in [3.63, 3.8) is 0 Å². The number of aryl methyl sites for hydroxylation is 1. The lowest BCUT2D eigenvalue weighted by Crippen LogP contribution is -2.44. The van der Waals surface area contributed by atoms with Crippen LogP contribution in [0, 0.1) is 18.8 Å². The number of nitrogen functional groups attached to an aromatic ring is 1. The zero-order valence-corrected chi connectivity index (χ0v) is 12.0. The number of rotatable bonds is 3. The van der Waals surface area contributed by atoms with Gasteiger partial charge in [-0.3, -0.25) is 9.89 Å². The Hall–Kier alpha value is -1.52. The van der Waals surface area contributed by atoms with Gasteiger partial charge < -0.3 is 11.1 Å². The molecule has 2 atom stereocenters. The molecule has 0 bridgehead atoms. The summed E-state index contributed by atoms with van der Waals surface area (Å²) in [5.74, 6) is 1.34. The topological polar surface area (TPSA) is 83.8 Å². The van der Waals surface area contributed by atoms with E-state index in [0.29, 0.717) is 17.4 Å². The fraction of sp³-hybridized carbons (Fsp3) is 0.714. The Labute approximate surface area is 114 Å². The third-order valence-corrected chi connectivity index (χ3v) is 4.19. The van der Waals surface area contributed by atoms with Crippen molar-refractivity contribution in [2.24, 2.45) is 11.8 Å². The predicted octanol–water partition coefficient (Wildman–Crippen LogP) is 2.24. The highest BCUT2D eigenvalue weighted by molar-refractivity contribution is 5.99. The first-order valence-corrected chi connectivity index (χ1v) is 7.12. The molecule has 2 rings (SSSR count). The average Bonchev–Trinajstić information content (AvgIpc) is 2.69. The van der Waals surface area contributed by atoms with Crippen molar-refractivity contribution in [2.75, 3.05) is 5.73 Å². The van der Waals surface area contributed by atoms with Gasteiger partial charge in [0, 0.05) is 11.7 Å². The van der Waals surface area contributed by atoms with E-state index in [1.165, 1.54) is 19.3 Å². The van der Waals surface area contributed by atoms with E-state index in [2.05, 4.69) is 29.4 Å². The second-order valence-corrected chi connectivity index (χ2v) is 5.88. The van der Waals surface area contributed by atoms with E-state index in [4.69, 9.17) is 5.73 Å². The maximum atomic E-state index is 12.3. The molecule has 1 aliphatic rings. The normalized spacial score (nSPS) is 23.6. The van der Waals surface area contributed by atoms with Gasteiger partial charge in [-0.05, 0) is 31.6 Å². The third-order valence-electron chi connectivity index (χ3n) is 4.19. The van der Waals surface area contributed by atoms with Gasteiger partial charge >= 0.3 is 0 Å². The Kier molecular flexibility index (Phi) is 4.12. The molecule has 5 heteroatoms. The molecule has 0 aromatic carbocycles. The van der Waals surface area contributed by atoms with Gasteiger partial charge in [0.25, 0.3) is 5.91 Å². The van der Waals surface area contributed by atoms with Crippen LogP contribution in [0.5, 0.6) is 0 Å². The van der Waals surface area contributed by atoms with E-state index in [1.807, 2.05) is 6.92 Å². The number of nitrogens with two attached hydrogens (primary N) is 1. The van der Waals surface area contributed by atoms with Gasteiger partial charge in [-0.1, -0.05) is 26.7 Å². The van der Waals surface area contributed by atoms with Crippen LogP contribution in [0.25, 0.3) is 0 Å². The smallest absolute Gasteiger partial charge is 0.257 e. The maximum absolute atomic E-state index is 12.3. The summed E-state index contributed by atoms with van der Waals surface area (Å²) in [7, 11) is 0. The second-order valence-electron chi connectivity index (χ2n) is 5.88. The average molecular weight is 264 g/mol. The maximum Gasteiger partial charge on any atom is 0.257 e. The number of H-pyrrole nitrogens is 1. The van der Waals surface area contributed by atoms with Gasteiger partial charge in [-0.2, -0.15) is 5.10 Å². The molecule has 19 heavy (non-hydrogen) atoms. The quantitative estimate of drug-likeness (QED) is 0.783. The lowest BCUT2D eigenvalue weighted by molar-refractivity contribution is 0.0889. The molecule has 1 aliphatic carbocycles. The van der Waals surface area contributed by atoms with Gasteiger partial charge in [0.05, 0.1) is 0 Å². The lowest BCUT2D eigenvalue weighted by Gasteiger charge is -2.34. The van der Waals surface area contributed by atoms with E-state index >= 15 is 0 Å². The van der Waals surface area contributed by atoms with Crippen molar-refractivity contribution in [1.82, 2.24) is 15.5 Å². The zero-order chi connectivity index (χ0) is 14.0. The molecule has 106 valence electrons. The summed E-state index contributed by atoms with van der Waals surface area (Å²) in [6, 6.07) is 0.259. The van der Waals surface area contributed by atoms with E-state index in [1.54, 1.807) is 0 Å². The van der Waals surface area contributed by atoms with Crippen molar-refractivity contribution in [2.45, 2.75) is 52.5 Å². The largest absolute Gasteiger partial charge is 0.382 e. The van der Waals surface area contributed by atoms with Crippen molar-refractivity contribution in [3.05, 3.63) is 11.3 Å². The monoisotopic (exact) mass is 264 g/mol. The molecule has 0 saturated heterocycles. The Morgan fingerprint density at radius 1 is 1.42 bits per heavy atom. The van der Waals surface area contributed by atoms with Crippen LogP contribution in [-0.2, 0) is 0 Å². The van der Waals surface area contributed by atoms with E-state index in [9.17, 15) is 4.79 Å². The number of anilines is 1. The van der Waals surface area contributed by atoms with Gasteiger partial charge in [0.1, 0.15) is 5.56 Å². The lowest BCUT2D eigenvalue weighted by atomic mass is 9.78. The molecule has 0 aliphatic heterocycles. The number of carbonyl (C=O) groups excluding carboxylic acids is 1. The first-order chi connectivity index (χ1) is 9.00. The summed E-state index contributed by atoms with van der Waals surface area (Å²) in [6.07, 6.45) is 4.71. The van der Waals surface area contributed by atoms with Crippen molar-refractivity contribution >= 4 is 11.7 Å². The first-order valence-electron chi connectivity index (χ1n) is 7.12. The Balaban J connectivity index is 2.09. The van der Waals surface area contributed by atoms with Crippen LogP contribution in [0.2, 0.25) is 0 Å². The molecule has 1 saturated carbocycles. The van der Waals surface area contributed by atoms with Crippen LogP contribution in [0.3, 0.4) is 0 Å². The SMILES string of the molecule is Cc1[nH]nc(N)c1C(=O)NC1CCCCC1C(C)C. The highest BCUT2D eigenvalue weighted by atomic mass is 16.1. The number of hydrogen-bond acceptors (Lipinski definition) is 3. The summed E-state index contributed by atoms with van der Waals surface area (Å²) in [4.78, 5) is 12.3. The van der Waals surface area contributed by atoms with E-state index in [0.717, 1.165) is 12.1 Å². The summed E-state index contributed by atoms with van der Waals surface area (Å²) in [6.45, 7) is 6.28. The summed E-state index contributed by atoms with van der Waals surface area (Å²) in [5.41, 5.74) is 6.96. The van der Waals surface area contributed by atoms with Gasteiger partial charge in [-0.15, -0.1) is 0 Å². The molecule has 1 fully saturated rings. The van der Waals surface area contributed by atoms with Crippen LogP contribution >= 0.6 is 0 Å². The minimum Gasteiger partial charge on any atom is -0.382 e. The van der Waals surface area contributed by atoms with Crippen LogP contribution in [0.15, 0.2) is 0 Å². The molecule has 1 aromatic heterocycles. The van der Waals surface area contributed by atoms with Gasteiger partial charge in [0.2, 0.25) is 0 Å². The third kappa shape index (κ3) is 2.91. The van der Waals surface area contributed by atoms with Crippen LogP contribution in [-0.4, -0.2) is 22.1 Å². The molecular formula is C14H24N4O. The first kappa shape index (κ1) is 13.9. The minimum atomic E-state index is -0.0960. The zero-order valence-electron chi connectivity index (χ0n) is 12.0. The highest BCUT2D eigenvalue weighted by Gasteiger charge is 2.30. The van der Waals surface area contributed by atoms with E-state index in [-0.39, 0.29) is 17.8 Å². The molecule has 0 spiro atoms. The summed E-state index contributed by atoms with van der Waals surface area (Å²) in [5, 5.41) is 9.79. The van der Waals surface area contributed by atoms with Crippen molar-refractivity contribution in [1.29, 1.82) is 0 Å². The number of nitrogens with one attached hydrogen (secondary N) is 2. The standard InChI is InChI=1S/C14H24N4O/c1-8(2)10-6-4-5-7-11(10)16-14(19)12-9(3)17-18-13(12)15/h8,10-11H,4-7H2,1-3H3,(H,16,19)(H3,15,17,18). The molecule has 1 aromatic rings. The Morgan fingerprint density at radius 3 is 2.68 bits per heavy atom. The summed E-state index contributed by atoms with van der Waals surface area (Å²) < 4.78 is 0. The van der Waals surface area contributed by atoms with E-state index < -0.39 is 0 Å². The Morgan fingerprint density at radius 2 is 2.11 bits per heavy atom. The van der Waals surface area contributed by atoms with Gasteiger partial charge in [0.15, 0.2) is 5.82 Å². The molecule has 0 radical (unpaired) electrons. The molecule has 2 unspecified atom stereocenters. The number of carbonyl (C=O) groups is 1. The van der Waals surface area contributed by atoms with Crippen LogP contribution in [0.4, 0.5) is 5.82 Å². The fourth-order valence-electron chi connectivity index (χ4n) is 3.11. The molecule has 1 amide bonds. The minimum absolute atomic E-state index is 0.0960. The molecule has 1 heterocycles. The van der Waals surface area contributed by atoms with Crippen molar-refractivity contribution in [3.8, 4) is 0 Å². The van der Waals surface area contributed by atoms with Crippen LogP contribution < -0.4 is 11.1 Å². The predicted molar refractivity (Wildman–Crippen MR) is 75.8 cm³/mol. The number of aromatic nitrogens is 2. The second kappa shape index (κ2) is 5.63. The summed E-state index contributed by atoms with van der Waals surface area (Å²) >= 11 is 0. The van der Waals surface area contributed by atoms with Crippen molar-refractivity contribution < 1.29 is 4.79 Å². The van der Waals surface area contributed by atoms with Gasteiger partial charge in [-0.25, -0.2) is 0 Å². The number of hydrogen-bond donors (Lipinski definition) is 3. The highest BCUT2D eigenvalue weighted by Crippen LogP contribution is 2.30. The number of amides is 1.